The van der Waals surface area contributed by atoms with Crippen LogP contribution >= 0.6 is 0 Å². The molecule has 1 fully saturated rings. The van der Waals surface area contributed by atoms with Crippen LogP contribution in [-0.2, 0) is 4.79 Å². The molecule has 2 atom stereocenters. The highest BCUT2D eigenvalue weighted by molar-refractivity contribution is 5.98. The lowest BCUT2D eigenvalue weighted by molar-refractivity contribution is -0.117. The van der Waals surface area contributed by atoms with Gasteiger partial charge in [0.05, 0.1) is 17.3 Å². The maximum absolute atomic E-state index is 13.0. The van der Waals surface area contributed by atoms with E-state index in [-0.39, 0.29) is 12.3 Å². The predicted octanol–water partition coefficient (Wildman–Crippen LogP) is 2.52. The van der Waals surface area contributed by atoms with Gasteiger partial charge in [-0.05, 0) is 37.8 Å². The van der Waals surface area contributed by atoms with Crippen molar-refractivity contribution >= 4 is 28.3 Å². The van der Waals surface area contributed by atoms with Crippen LogP contribution in [0.25, 0.3) is 22.0 Å². The lowest BCUT2D eigenvalue weighted by Gasteiger charge is -2.09. The summed E-state index contributed by atoms with van der Waals surface area (Å²) >= 11 is 0. The first-order valence-corrected chi connectivity index (χ1v) is 7.97. The first-order valence-electron chi connectivity index (χ1n) is 7.97. The van der Waals surface area contributed by atoms with Crippen LogP contribution in [0.3, 0.4) is 0 Å². The number of nitrogens with two attached hydrogens (primary N) is 1. The molecule has 128 valence electrons. The first-order chi connectivity index (χ1) is 11.9. The number of anilines is 2. The third-order valence-electron chi connectivity index (χ3n) is 4.43. The van der Waals surface area contributed by atoms with Crippen LogP contribution in [0.1, 0.15) is 17.8 Å². The Labute approximate surface area is 142 Å². The van der Waals surface area contributed by atoms with Crippen LogP contribution in [0, 0.1) is 19.8 Å². The van der Waals surface area contributed by atoms with Crippen LogP contribution in [0.5, 0.6) is 0 Å². The van der Waals surface area contributed by atoms with Crippen molar-refractivity contribution < 1.29 is 9.18 Å². The van der Waals surface area contributed by atoms with Crippen LogP contribution in [0.2, 0.25) is 0 Å². The van der Waals surface area contributed by atoms with E-state index in [1.54, 1.807) is 12.3 Å². The van der Waals surface area contributed by atoms with Gasteiger partial charge < -0.3 is 11.1 Å². The first kappa shape index (κ1) is 15.5. The quantitative estimate of drug-likeness (QED) is 0.679. The van der Waals surface area contributed by atoms with Gasteiger partial charge in [0.15, 0.2) is 0 Å². The van der Waals surface area contributed by atoms with Gasteiger partial charge in [0.25, 0.3) is 0 Å². The summed E-state index contributed by atoms with van der Waals surface area (Å²) in [5.41, 5.74) is 9.39. The van der Waals surface area contributed by atoms with Crippen LogP contribution in [-0.4, -0.2) is 32.2 Å². The maximum Gasteiger partial charge on any atom is 0.231 e. The fourth-order valence-electron chi connectivity index (χ4n) is 2.95. The highest BCUT2D eigenvalue weighted by Gasteiger charge is 2.43. The van der Waals surface area contributed by atoms with Gasteiger partial charge in [0.2, 0.25) is 5.91 Å². The zero-order chi connectivity index (χ0) is 17.7. The largest absolute Gasteiger partial charge is 0.383 e. The number of alkyl halides is 1. The second-order valence-corrected chi connectivity index (χ2v) is 6.34. The standard InChI is InChI=1S/C17H17FN6O/c1-7-15(8(2)24-23-7)13-3-9-4-14(20-6-11(9)16(19)21-13)22-17(25)10-5-12(10)18/h3-4,6,10,12H,5H2,1-2H3,(H2,19,21)(H,23,24)(H,20,22,25). The highest BCUT2D eigenvalue weighted by atomic mass is 19.1. The number of carbonyl (C=O) groups excluding carboxylic acids is 1. The molecule has 3 heterocycles. The molecule has 2 unspecified atom stereocenters. The van der Waals surface area contributed by atoms with Crippen molar-refractivity contribution in [2.45, 2.75) is 26.4 Å². The second-order valence-electron chi connectivity index (χ2n) is 6.34. The Morgan fingerprint density at radius 3 is 2.80 bits per heavy atom. The van der Waals surface area contributed by atoms with Gasteiger partial charge in [-0.3, -0.25) is 9.89 Å². The van der Waals surface area contributed by atoms with Crippen molar-refractivity contribution in [1.82, 2.24) is 20.2 Å². The topological polar surface area (TPSA) is 110 Å². The van der Waals surface area contributed by atoms with Crippen molar-refractivity contribution in [1.29, 1.82) is 0 Å². The van der Waals surface area contributed by atoms with Crippen molar-refractivity contribution in [3.05, 3.63) is 29.7 Å². The molecule has 0 bridgehead atoms. The van der Waals surface area contributed by atoms with Gasteiger partial charge in [0, 0.05) is 22.8 Å². The zero-order valence-electron chi connectivity index (χ0n) is 13.8. The zero-order valence-corrected chi connectivity index (χ0v) is 13.8. The molecule has 3 aromatic rings. The lowest BCUT2D eigenvalue weighted by Crippen LogP contribution is -2.15. The molecule has 1 saturated carbocycles. The smallest absolute Gasteiger partial charge is 0.231 e. The van der Waals surface area contributed by atoms with Crippen LogP contribution in [0.15, 0.2) is 18.3 Å². The molecule has 4 N–H and O–H groups in total. The van der Waals surface area contributed by atoms with Gasteiger partial charge in [-0.2, -0.15) is 5.10 Å². The third kappa shape index (κ3) is 2.69. The predicted molar refractivity (Wildman–Crippen MR) is 92.6 cm³/mol. The average molecular weight is 340 g/mol. The summed E-state index contributed by atoms with van der Waals surface area (Å²) in [5, 5.41) is 11.2. The number of hydrogen-bond donors (Lipinski definition) is 3. The van der Waals surface area contributed by atoms with E-state index in [9.17, 15) is 9.18 Å². The number of amides is 1. The van der Waals surface area contributed by atoms with Crippen molar-refractivity contribution in [2.24, 2.45) is 5.92 Å². The number of fused-ring (bicyclic) bond motifs is 1. The molecule has 4 rings (SSSR count). The summed E-state index contributed by atoms with van der Waals surface area (Å²) in [4.78, 5) is 20.5. The van der Waals surface area contributed by atoms with Gasteiger partial charge in [-0.1, -0.05) is 0 Å². The number of hydrogen-bond acceptors (Lipinski definition) is 5. The van der Waals surface area contributed by atoms with Crippen LogP contribution in [0.4, 0.5) is 16.0 Å². The highest BCUT2D eigenvalue weighted by Crippen LogP contribution is 2.35. The maximum atomic E-state index is 13.0. The third-order valence-corrected chi connectivity index (χ3v) is 4.43. The van der Waals surface area contributed by atoms with E-state index >= 15 is 0 Å². The fraction of sp³-hybridized carbons (Fsp3) is 0.294. The Hall–Kier alpha value is -3.03. The Kier molecular flexibility index (Phi) is 3.41. The number of rotatable bonds is 3. The number of H-pyrrole nitrogens is 1. The van der Waals surface area contributed by atoms with E-state index in [4.69, 9.17) is 5.73 Å². The molecular weight excluding hydrogens is 323 g/mol. The number of nitrogens with one attached hydrogen (secondary N) is 2. The molecule has 0 saturated heterocycles. The number of halogens is 1. The minimum atomic E-state index is -1.04. The van der Waals surface area contributed by atoms with E-state index in [0.29, 0.717) is 22.7 Å². The number of pyridine rings is 2. The Balaban J connectivity index is 1.74. The molecule has 8 heteroatoms. The molecule has 0 radical (unpaired) electrons. The van der Waals surface area contributed by atoms with Gasteiger partial charge in [0.1, 0.15) is 17.8 Å². The Morgan fingerprint density at radius 2 is 2.16 bits per heavy atom. The molecule has 1 aliphatic carbocycles. The SMILES string of the molecule is Cc1n[nH]c(C)c1-c1cc2cc(NC(=O)C3CC3F)ncc2c(N)n1. The lowest BCUT2D eigenvalue weighted by atomic mass is 10.1. The molecule has 0 aliphatic heterocycles. The second kappa shape index (κ2) is 5.51. The number of aromatic nitrogens is 4. The average Bonchev–Trinajstić information content (AvgIpc) is 3.20. The number of carbonyl (C=O) groups is 1. The molecule has 1 amide bonds. The number of nitrogens with zero attached hydrogens (tertiary/aromatic N) is 3. The molecule has 0 aromatic carbocycles. The van der Waals surface area contributed by atoms with Gasteiger partial charge in [-0.15, -0.1) is 0 Å². The Morgan fingerprint density at radius 1 is 1.40 bits per heavy atom. The van der Waals surface area contributed by atoms with E-state index in [1.165, 1.54) is 0 Å². The Bertz CT molecular complexity index is 979. The monoisotopic (exact) mass is 340 g/mol. The van der Waals surface area contributed by atoms with Gasteiger partial charge in [-0.25, -0.2) is 14.4 Å². The number of aromatic amines is 1. The van der Waals surface area contributed by atoms with E-state index < -0.39 is 12.1 Å². The fourth-order valence-corrected chi connectivity index (χ4v) is 2.95. The molecule has 3 aromatic heterocycles. The van der Waals surface area contributed by atoms with Crippen molar-refractivity contribution in [3.8, 4) is 11.3 Å². The molecule has 25 heavy (non-hydrogen) atoms. The van der Waals surface area contributed by atoms with Crippen molar-refractivity contribution in [2.75, 3.05) is 11.1 Å². The summed E-state index contributed by atoms with van der Waals surface area (Å²) in [6.07, 6.45) is 0.796. The summed E-state index contributed by atoms with van der Waals surface area (Å²) in [6, 6.07) is 3.60. The number of nitrogen functional groups attached to an aromatic ring is 1. The normalized spacial score (nSPS) is 19.2. The number of aryl methyl sites for hydroxylation is 2. The van der Waals surface area contributed by atoms with E-state index in [1.807, 2.05) is 19.9 Å². The van der Waals surface area contributed by atoms with Crippen LogP contribution < -0.4 is 11.1 Å². The van der Waals surface area contributed by atoms with E-state index in [0.717, 1.165) is 22.3 Å². The van der Waals surface area contributed by atoms with Crippen molar-refractivity contribution in [3.63, 3.8) is 0 Å². The molecular formula is C17H17FN6O. The summed E-state index contributed by atoms with van der Waals surface area (Å²) in [6.45, 7) is 3.81. The van der Waals surface area contributed by atoms with E-state index in [2.05, 4.69) is 25.5 Å². The molecule has 1 aliphatic rings. The minimum absolute atomic E-state index is 0.277. The minimum Gasteiger partial charge on any atom is -0.383 e. The summed E-state index contributed by atoms with van der Waals surface area (Å²) < 4.78 is 13.0. The summed E-state index contributed by atoms with van der Waals surface area (Å²) in [7, 11) is 0. The summed E-state index contributed by atoms with van der Waals surface area (Å²) in [5.74, 6) is -0.187. The van der Waals surface area contributed by atoms with Gasteiger partial charge >= 0.3 is 0 Å². The molecule has 0 spiro atoms. The molecule has 7 nitrogen and oxygen atoms in total.